The van der Waals surface area contributed by atoms with E-state index in [4.69, 9.17) is 15.3 Å². The summed E-state index contributed by atoms with van der Waals surface area (Å²) in [6.07, 6.45) is -0.292. The highest BCUT2D eigenvalue weighted by molar-refractivity contribution is 5.87. The molecule has 0 bridgehead atoms. The minimum Gasteiger partial charge on any atom is -0.378 e. The number of hydrogen-bond acceptors (Lipinski definition) is 6. The van der Waals surface area contributed by atoms with Crippen molar-refractivity contribution in [3.05, 3.63) is 0 Å². The molecule has 0 aromatic rings. The number of hydrogen-bond donors (Lipinski definition) is 2. The number of methoxy groups -OCH3 is 2. The molecule has 0 aliphatic carbocycles. The van der Waals surface area contributed by atoms with E-state index < -0.39 is 0 Å². The molecule has 1 aliphatic heterocycles. The number of rotatable bonds is 4. The zero-order valence-electron chi connectivity index (χ0n) is 9.02. The van der Waals surface area contributed by atoms with Crippen molar-refractivity contribution in [2.45, 2.75) is 32.2 Å². The fourth-order valence-corrected chi connectivity index (χ4v) is 1.26. The van der Waals surface area contributed by atoms with Gasteiger partial charge in [-0.15, -0.1) is 0 Å². The summed E-state index contributed by atoms with van der Waals surface area (Å²) in [6.45, 7) is 3.81. The number of hydrazine groups is 1. The topological polar surface area (TPSA) is 72.1 Å². The Morgan fingerprint density at radius 2 is 2.07 bits per heavy atom. The van der Waals surface area contributed by atoms with E-state index in [1.165, 1.54) is 0 Å². The molecule has 0 aromatic carbocycles. The Bertz CT molecular complexity index is 221. The van der Waals surface area contributed by atoms with Crippen LogP contribution in [0.5, 0.6) is 0 Å². The van der Waals surface area contributed by atoms with E-state index in [2.05, 4.69) is 10.5 Å². The number of hydrazone groups is 1. The lowest BCUT2D eigenvalue weighted by molar-refractivity contribution is 0.0419. The van der Waals surface area contributed by atoms with Gasteiger partial charge in [-0.05, 0) is 13.8 Å². The van der Waals surface area contributed by atoms with Gasteiger partial charge in [0.05, 0.1) is 6.10 Å². The van der Waals surface area contributed by atoms with Gasteiger partial charge in [0.1, 0.15) is 6.10 Å². The van der Waals surface area contributed by atoms with Gasteiger partial charge in [-0.25, -0.2) is 5.84 Å². The molecule has 0 spiro atoms. The van der Waals surface area contributed by atoms with Gasteiger partial charge in [0.15, 0.2) is 12.0 Å². The van der Waals surface area contributed by atoms with Crippen LogP contribution in [-0.4, -0.2) is 43.4 Å². The number of nitrogens with two attached hydrogens (primary N) is 1. The molecule has 6 nitrogen and oxygen atoms in total. The van der Waals surface area contributed by atoms with Gasteiger partial charge in [-0.1, -0.05) is 0 Å². The first kappa shape index (κ1) is 11.2. The molecule has 0 radical (unpaired) electrons. The molecule has 3 atom stereocenters. The predicted octanol–water partition coefficient (Wildman–Crippen LogP) is -0.525. The lowest BCUT2D eigenvalue weighted by Crippen LogP contribution is -2.53. The van der Waals surface area contributed by atoms with Crippen LogP contribution in [-0.2, 0) is 9.47 Å². The maximum absolute atomic E-state index is 5.86. The van der Waals surface area contributed by atoms with Crippen molar-refractivity contribution in [1.29, 1.82) is 0 Å². The largest absolute Gasteiger partial charge is 0.378 e. The lowest BCUT2D eigenvalue weighted by Gasteiger charge is -2.27. The van der Waals surface area contributed by atoms with Crippen molar-refractivity contribution in [3.63, 3.8) is 0 Å². The summed E-state index contributed by atoms with van der Waals surface area (Å²) >= 11 is 0. The average Bonchev–Trinajstić information content (AvgIpc) is 2.58. The van der Waals surface area contributed by atoms with Crippen molar-refractivity contribution in [2.24, 2.45) is 10.9 Å². The Morgan fingerprint density at radius 1 is 1.43 bits per heavy atom. The Morgan fingerprint density at radius 3 is 2.57 bits per heavy atom. The van der Waals surface area contributed by atoms with Crippen molar-refractivity contribution in [1.82, 2.24) is 10.4 Å². The van der Waals surface area contributed by atoms with Gasteiger partial charge < -0.3 is 9.47 Å². The summed E-state index contributed by atoms with van der Waals surface area (Å²) in [4.78, 5) is 0. The van der Waals surface area contributed by atoms with E-state index in [-0.39, 0.29) is 18.4 Å². The summed E-state index contributed by atoms with van der Waals surface area (Å²) < 4.78 is 10.3. The first-order chi connectivity index (χ1) is 6.61. The Labute approximate surface area is 84.0 Å². The molecule has 0 saturated heterocycles. The van der Waals surface area contributed by atoms with Crippen LogP contribution in [0.1, 0.15) is 13.8 Å². The fourth-order valence-electron chi connectivity index (χ4n) is 1.26. The van der Waals surface area contributed by atoms with Crippen LogP contribution < -0.4 is 11.3 Å². The third-order valence-corrected chi connectivity index (χ3v) is 2.41. The third kappa shape index (κ3) is 1.97. The molecule has 1 rings (SSSR count). The van der Waals surface area contributed by atoms with Crippen molar-refractivity contribution in [3.8, 4) is 0 Å². The van der Waals surface area contributed by atoms with Crippen molar-refractivity contribution >= 4 is 5.84 Å². The predicted molar refractivity (Wildman–Crippen MR) is 53.3 cm³/mol. The summed E-state index contributed by atoms with van der Waals surface area (Å²) in [5.74, 6) is 6.54. The van der Waals surface area contributed by atoms with E-state index in [1.54, 1.807) is 19.2 Å². The SMILES string of the molecule is CO[C@@H](C)C1=NNC([C@H](C)OC)N1N. The van der Waals surface area contributed by atoms with Crippen molar-refractivity contribution in [2.75, 3.05) is 14.2 Å². The first-order valence-electron chi connectivity index (χ1n) is 4.54. The number of nitrogens with zero attached hydrogens (tertiary/aromatic N) is 2. The van der Waals surface area contributed by atoms with E-state index in [9.17, 15) is 0 Å². The van der Waals surface area contributed by atoms with Gasteiger partial charge >= 0.3 is 0 Å². The van der Waals surface area contributed by atoms with Crippen LogP contribution in [0, 0.1) is 0 Å². The highest BCUT2D eigenvalue weighted by Crippen LogP contribution is 2.10. The molecule has 82 valence electrons. The molecule has 14 heavy (non-hydrogen) atoms. The second-order valence-electron chi connectivity index (χ2n) is 3.27. The van der Waals surface area contributed by atoms with Crippen molar-refractivity contribution < 1.29 is 9.47 Å². The first-order valence-corrected chi connectivity index (χ1v) is 4.54. The summed E-state index contributed by atoms with van der Waals surface area (Å²) in [6, 6.07) is 0. The minimum atomic E-state index is -0.132. The normalized spacial score (nSPS) is 25.6. The molecule has 1 aliphatic rings. The Hall–Kier alpha value is -0.850. The molecule has 0 aromatic heterocycles. The molecule has 0 fully saturated rings. The number of ether oxygens (including phenoxy) is 2. The molecular formula is C8H18N4O2. The molecule has 1 heterocycles. The molecule has 0 amide bonds. The summed E-state index contributed by atoms with van der Waals surface area (Å²) in [7, 11) is 3.26. The number of nitrogens with one attached hydrogen (secondary N) is 1. The standard InChI is InChI=1S/C8H18N4O2/c1-5(13-3)7-10-11-8(12(7)9)6(2)14-4/h5-7,10H,9H2,1-4H3/t5-,6-,7?/m0/s1. The second kappa shape index (κ2) is 4.59. The molecule has 1 unspecified atom stereocenters. The van der Waals surface area contributed by atoms with E-state index in [0.717, 1.165) is 0 Å². The molecule has 6 heteroatoms. The van der Waals surface area contributed by atoms with Crippen LogP contribution in [0.3, 0.4) is 0 Å². The Kier molecular flexibility index (Phi) is 3.68. The molecular weight excluding hydrogens is 184 g/mol. The zero-order valence-corrected chi connectivity index (χ0v) is 9.02. The second-order valence-corrected chi connectivity index (χ2v) is 3.27. The van der Waals surface area contributed by atoms with Gasteiger partial charge in [0.2, 0.25) is 0 Å². The summed E-state index contributed by atoms with van der Waals surface area (Å²) in [5.41, 5.74) is 2.91. The van der Waals surface area contributed by atoms with Gasteiger partial charge in [0, 0.05) is 14.2 Å². The molecule has 0 saturated carbocycles. The highest BCUT2D eigenvalue weighted by atomic mass is 16.5. The monoisotopic (exact) mass is 202 g/mol. The maximum Gasteiger partial charge on any atom is 0.169 e. The van der Waals surface area contributed by atoms with Crippen LogP contribution in [0.15, 0.2) is 5.10 Å². The smallest absolute Gasteiger partial charge is 0.169 e. The van der Waals surface area contributed by atoms with E-state index in [0.29, 0.717) is 5.84 Å². The molecule has 3 N–H and O–H groups in total. The zero-order chi connectivity index (χ0) is 10.7. The van der Waals surface area contributed by atoms with E-state index in [1.807, 2.05) is 13.8 Å². The minimum absolute atomic E-state index is 0.0368. The Balaban J connectivity index is 2.61. The maximum atomic E-state index is 5.86. The average molecular weight is 202 g/mol. The van der Waals surface area contributed by atoms with E-state index >= 15 is 0 Å². The lowest BCUT2D eigenvalue weighted by atomic mass is 10.3. The van der Waals surface area contributed by atoms with Crippen LogP contribution in [0.4, 0.5) is 0 Å². The number of amidine groups is 1. The summed E-state index contributed by atoms with van der Waals surface area (Å²) in [5, 5.41) is 5.64. The highest BCUT2D eigenvalue weighted by Gasteiger charge is 2.32. The van der Waals surface area contributed by atoms with Crippen LogP contribution in [0.25, 0.3) is 0 Å². The van der Waals surface area contributed by atoms with Gasteiger partial charge in [0.25, 0.3) is 0 Å². The third-order valence-electron chi connectivity index (χ3n) is 2.41. The van der Waals surface area contributed by atoms with Crippen LogP contribution >= 0.6 is 0 Å². The quantitative estimate of drug-likeness (QED) is 0.600. The fraction of sp³-hybridized carbons (Fsp3) is 0.875. The van der Waals surface area contributed by atoms with Gasteiger partial charge in [-0.3, -0.25) is 10.4 Å². The van der Waals surface area contributed by atoms with Crippen LogP contribution in [0.2, 0.25) is 0 Å². The van der Waals surface area contributed by atoms with Gasteiger partial charge in [-0.2, -0.15) is 5.10 Å².